The first kappa shape index (κ1) is 13.9. The summed E-state index contributed by atoms with van der Waals surface area (Å²) in [6, 6.07) is 6.37. The highest BCUT2D eigenvalue weighted by molar-refractivity contribution is 5.85. The van der Waals surface area contributed by atoms with Gasteiger partial charge in [-0.25, -0.2) is 9.78 Å². The molecule has 0 aliphatic rings. The van der Waals surface area contributed by atoms with Gasteiger partial charge in [0.1, 0.15) is 29.6 Å². The molecule has 0 saturated heterocycles. The molecule has 2 aromatic rings. The van der Waals surface area contributed by atoms with Crippen molar-refractivity contribution in [3.8, 4) is 11.5 Å². The van der Waals surface area contributed by atoms with Gasteiger partial charge in [0.25, 0.3) is 0 Å². The van der Waals surface area contributed by atoms with Crippen LogP contribution in [0.1, 0.15) is 36.2 Å². The molecule has 20 heavy (non-hydrogen) atoms. The van der Waals surface area contributed by atoms with E-state index >= 15 is 0 Å². The number of phenols is 1. The molecule has 106 valence electrons. The molecule has 1 heterocycles. The van der Waals surface area contributed by atoms with Gasteiger partial charge < -0.3 is 19.5 Å². The van der Waals surface area contributed by atoms with Crippen LogP contribution in [0.3, 0.4) is 0 Å². The Hall–Kier alpha value is -2.50. The van der Waals surface area contributed by atoms with E-state index in [0.717, 1.165) is 0 Å². The maximum absolute atomic E-state index is 11.1. The van der Waals surface area contributed by atoms with Gasteiger partial charge in [0.15, 0.2) is 0 Å². The molecule has 0 aliphatic heterocycles. The van der Waals surface area contributed by atoms with Gasteiger partial charge in [0, 0.05) is 12.1 Å². The zero-order chi connectivity index (χ0) is 14.7. The smallest absolute Gasteiger partial charge is 0.354 e. The van der Waals surface area contributed by atoms with E-state index in [9.17, 15) is 9.90 Å². The third kappa shape index (κ3) is 2.90. The van der Waals surface area contributed by atoms with Crippen LogP contribution in [0.4, 0.5) is 0 Å². The number of ether oxygens (including phenoxy) is 1. The van der Waals surface area contributed by atoms with Crippen molar-refractivity contribution in [3.63, 3.8) is 0 Å². The van der Waals surface area contributed by atoms with Crippen LogP contribution in [-0.4, -0.2) is 25.7 Å². The summed E-state index contributed by atoms with van der Waals surface area (Å²) in [5.41, 5.74) is 0.134. The van der Waals surface area contributed by atoms with Gasteiger partial charge in [-0.15, -0.1) is 0 Å². The average Bonchev–Trinajstić information content (AvgIpc) is 2.80. The van der Waals surface area contributed by atoms with E-state index in [1.807, 2.05) is 13.8 Å². The molecule has 0 amide bonds. The first-order valence-electron chi connectivity index (χ1n) is 6.20. The molecule has 1 aromatic carbocycles. The fourth-order valence-electron chi connectivity index (χ4n) is 1.96. The van der Waals surface area contributed by atoms with Gasteiger partial charge in [-0.3, -0.25) is 0 Å². The summed E-state index contributed by atoms with van der Waals surface area (Å²) in [5, 5.41) is 18.5. The zero-order valence-corrected chi connectivity index (χ0v) is 11.3. The quantitative estimate of drug-likeness (QED) is 0.876. The highest BCUT2D eigenvalue weighted by Gasteiger charge is 2.18. The predicted octanol–water partition coefficient (Wildman–Crippen LogP) is 2.45. The number of hydrogen-bond acceptors (Lipinski definition) is 4. The van der Waals surface area contributed by atoms with Crippen LogP contribution >= 0.6 is 0 Å². The molecule has 6 nitrogen and oxygen atoms in total. The molecular formula is C14H16N2O4. The second-order valence-electron chi connectivity index (χ2n) is 4.61. The molecule has 2 N–H and O–H groups in total. The number of imidazole rings is 1. The molecule has 6 heteroatoms. The molecule has 0 unspecified atom stereocenters. The van der Waals surface area contributed by atoms with Gasteiger partial charge >= 0.3 is 5.97 Å². The fourth-order valence-corrected chi connectivity index (χ4v) is 1.96. The Labute approximate surface area is 116 Å². The van der Waals surface area contributed by atoms with Crippen LogP contribution < -0.4 is 4.74 Å². The lowest BCUT2D eigenvalue weighted by Gasteiger charge is -2.14. The molecule has 0 bridgehead atoms. The SMILES string of the molecule is CC(C)n1c(C(=O)O)cnc1COc1cccc(O)c1. The summed E-state index contributed by atoms with van der Waals surface area (Å²) in [5.74, 6) is 0.122. The third-order valence-corrected chi connectivity index (χ3v) is 2.79. The van der Waals surface area contributed by atoms with E-state index in [4.69, 9.17) is 9.84 Å². The summed E-state index contributed by atoms with van der Waals surface area (Å²) in [4.78, 5) is 15.2. The van der Waals surface area contributed by atoms with Crippen molar-refractivity contribution < 1.29 is 19.7 Å². The number of nitrogens with zero attached hydrogens (tertiary/aromatic N) is 2. The number of rotatable bonds is 5. The molecular weight excluding hydrogens is 260 g/mol. The number of benzene rings is 1. The second kappa shape index (κ2) is 5.64. The number of carboxylic acids is 1. The average molecular weight is 276 g/mol. The number of aromatic hydroxyl groups is 1. The minimum Gasteiger partial charge on any atom is -0.508 e. The van der Waals surface area contributed by atoms with Gasteiger partial charge in [0.2, 0.25) is 0 Å². The largest absolute Gasteiger partial charge is 0.508 e. The maximum atomic E-state index is 11.1. The lowest BCUT2D eigenvalue weighted by Crippen LogP contribution is -2.15. The van der Waals surface area contributed by atoms with Crippen LogP contribution in [0, 0.1) is 0 Å². The highest BCUT2D eigenvalue weighted by Crippen LogP contribution is 2.20. The van der Waals surface area contributed by atoms with Crippen LogP contribution in [-0.2, 0) is 6.61 Å². The van der Waals surface area contributed by atoms with Crippen molar-refractivity contribution in [2.24, 2.45) is 0 Å². The molecule has 0 fully saturated rings. The second-order valence-corrected chi connectivity index (χ2v) is 4.61. The summed E-state index contributed by atoms with van der Waals surface area (Å²) in [6.07, 6.45) is 1.32. The zero-order valence-electron chi connectivity index (χ0n) is 11.3. The molecule has 1 aromatic heterocycles. The Morgan fingerprint density at radius 3 is 2.80 bits per heavy atom. The van der Waals surface area contributed by atoms with Crippen molar-refractivity contribution in [1.82, 2.24) is 9.55 Å². The molecule has 0 saturated carbocycles. The predicted molar refractivity (Wildman–Crippen MR) is 72.0 cm³/mol. The van der Waals surface area contributed by atoms with Crippen molar-refractivity contribution >= 4 is 5.97 Å². The minimum absolute atomic E-state index is 0.0358. The van der Waals surface area contributed by atoms with E-state index in [-0.39, 0.29) is 24.1 Å². The summed E-state index contributed by atoms with van der Waals surface area (Å²) in [7, 11) is 0. The fraction of sp³-hybridized carbons (Fsp3) is 0.286. The number of hydrogen-bond donors (Lipinski definition) is 2. The number of phenolic OH excluding ortho intramolecular Hbond substituents is 1. The van der Waals surface area contributed by atoms with Gasteiger partial charge in [0.05, 0.1) is 6.20 Å². The molecule has 0 spiro atoms. The van der Waals surface area contributed by atoms with Crippen LogP contribution in [0.2, 0.25) is 0 Å². The Morgan fingerprint density at radius 2 is 2.20 bits per heavy atom. The third-order valence-electron chi connectivity index (χ3n) is 2.79. The van der Waals surface area contributed by atoms with Gasteiger partial charge in [-0.1, -0.05) is 6.07 Å². The van der Waals surface area contributed by atoms with Crippen LogP contribution in [0.15, 0.2) is 30.5 Å². The number of aromatic carboxylic acids is 1. The Balaban J connectivity index is 2.19. The van der Waals surface area contributed by atoms with E-state index in [1.165, 1.54) is 12.3 Å². The molecule has 2 rings (SSSR count). The topological polar surface area (TPSA) is 84.6 Å². The monoisotopic (exact) mass is 276 g/mol. The Kier molecular flexibility index (Phi) is 3.93. The first-order chi connectivity index (χ1) is 9.49. The number of aromatic nitrogens is 2. The summed E-state index contributed by atoms with van der Waals surface area (Å²) in [6.45, 7) is 3.90. The molecule has 0 atom stereocenters. The number of carbonyl (C=O) groups is 1. The van der Waals surface area contributed by atoms with Gasteiger partial charge in [-0.05, 0) is 26.0 Å². The van der Waals surface area contributed by atoms with E-state index in [0.29, 0.717) is 11.6 Å². The number of carboxylic acid groups (broad SMARTS) is 1. The van der Waals surface area contributed by atoms with E-state index in [1.54, 1.807) is 22.8 Å². The standard InChI is InChI=1S/C14H16N2O4/c1-9(2)16-12(14(18)19)7-15-13(16)8-20-11-5-3-4-10(17)6-11/h3-7,9,17H,8H2,1-2H3,(H,18,19). The normalized spacial score (nSPS) is 10.8. The van der Waals surface area contributed by atoms with Crippen LogP contribution in [0.25, 0.3) is 0 Å². The van der Waals surface area contributed by atoms with Crippen LogP contribution in [0.5, 0.6) is 11.5 Å². The lowest BCUT2D eigenvalue weighted by atomic mass is 10.3. The lowest BCUT2D eigenvalue weighted by molar-refractivity contribution is 0.0682. The Morgan fingerprint density at radius 1 is 1.45 bits per heavy atom. The molecule has 0 radical (unpaired) electrons. The molecule has 0 aliphatic carbocycles. The van der Waals surface area contributed by atoms with Crippen molar-refractivity contribution in [2.45, 2.75) is 26.5 Å². The van der Waals surface area contributed by atoms with Gasteiger partial charge in [-0.2, -0.15) is 0 Å². The minimum atomic E-state index is -1.02. The van der Waals surface area contributed by atoms with E-state index < -0.39 is 5.97 Å². The summed E-state index contributed by atoms with van der Waals surface area (Å²) < 4.78 is 7.14. The summed E-state index contributed by atoms with van der Waals surface area (Å²) >= 11 is 0. The van der Waals surface area contributed by atoms with Crippen molar-refractivity contribution in [2.75, 3.05) is 0 Å². The van der Waals surface area contributed by atoms with E-state index in [2.05, 4.69) is 4.98 Å². The van der Waals surface area contributed by atoms with Crippen molar-refractivity contribution in [1.29, 1.82) is 0 Å². The first-order valence-corrected chi connectivity index (χ1v) is 6.20. The van der Waals surface area contributed by atoms with Crippen molar-refractivity contribution in [3.05, 3.63) is 42.0 Å². The maximum Gasteiger partial charge on any atom is 0.354 e. The Bertz CT molecular complexity index is 619. The highest BCUT2D eigenvalue weighted by atomic mass is 16.5.